The molecule has 0 aliphatic carbocycles. The van der Waals surface area contributed by atoms with Gasteiger partial charge >= 0.3 is 0 Å². The topological polar surface area (TPSA) is 12.0 Å². The van der Waals surface area contributed by atoms with Crippen LogP contribution < -0.4 is 5.32 Å². The minimum absolute atomic E-state index is 0.145. The molecule has 0 spiro atoms. The number of benzene rings is 1. The number of unbranched alkanes of at least 4 members (excludes halogenated alkanes) is 1. The fourth-order valence-electron chi connectivity index (χ4n) is 2.83. The molecule has 1 rings (SSSR count). The SMILES string of the molecule is CCCCC(CC)C(Cc1cc(Cl)ccc1F)NCCC. The standard InChI is InChI=1S/C18H29ClFN/c1-4-7-8-14(6-3)18(21-11-5-2)13-15-12-16(19)9-10-17(15)20/h9-10,12,14,18,21H,4-8,11,13H2,1-3H3. The average molecular weight is 314 g/mol. The number of hydrogen-bond acceptors (Lipinski definition) is 1. The first-order valence-electron chi connectivity index (χ1n) is 8.29. The van der Waals surface area contributed by atoms with E-state index in [1.807, 2.05) is 0 Å². The predicted octanol–water partition coefficient (Wildman–Crippen LogP) is 5.61. The fraction of sp³-hybridized carbons (Fsp3) is 0.667. The van der Waals surface area contributed by atoms with Gasteiger partial charge in [-0.3, -0.25) is 0 Å². The molecule has 1 N–H and O–H groups in total. The summed E-state index contributed by atoms with van der Waals surface area (Å²) in [5, 5.41) is 4.23. The summed E-state index contributed by atoms with van der Waals surface area (Å²) in [6.45, 7) is 7.60. The van der Waals surface area contributed by atoms with Crippen molar-refractivity contribution in [2.45, 2.75) is 65.3 Å². The highest BCUT2D eigenvalue weighted by molar-refractivity contribution is 6.30. The molecule has 3 heteroatoms. The van der Waals surface area contributed by atoms with Crippen LogP contribution in [0.15, 0.2) is 18.2 Å². The van der Waals surface area contributed by atoms with Crippen LogP contribution in [0.2, 0.25) is 5.02 Å². The Labute approximate surface area is 134 Å². The number of rotatable bonds is 10. The van der Waals surface area contributed by atoms with Gasteiger partial charge in [0.25, 0.3) is 0 Å². The Morgan fingerprint density at radius 1 is 1.19 bits per heavy atom. The average Bonchev–Trinajstić information content (AvgIpc) is 2.48. The van der Waals surface area contributed by atoms with E-state index in [9.17, 15) is 4.39 Å². The monoisotopic (exact) mass is 313 g/mol. The van der Waals surface area contributed by atoms with Gasteiger partial charge in [-0.1, -0.05) is 51.6 Å². The number of hydrogen-bond donors (Lipinski definition) is 1. The molecule has 0 saturated heterocycles. The first-order valence-corrected chi connectivity index (χ1v) is 8.67. The zero-order chi connectivity index (χ0) is 15.7. The summed E-state index contributed by atoms with van der Waals surface area (Å²) >= 11 is 6.01. The van der Waals surface area contributed by atoms with Crippen LogP contribution in [0.4, 0.5) is 4.39 Å². The fourth-order valence-corrected chi connectivity index (χ4v) is 3.02. The van der Waals surface area contributed by atoms with Crippen molar-refractivity contribution in [3.8, 4) is 0 Å². The lowest BCUT2D eigenvalue weighted by Crippen LogP contribution is -2.38. The summed E-state index contributed by atoms with van der Waals surface area (Å²) in [7, 11) is 0. The minimum atomic E-state index is -0.145. The molecule has 1 aromatic carbocycles. The molecule has 120 valence electrons. The lowest BCUT2D eigenvalue weighted by molar-refractivity contribution is 0.313. The molecule has 0 amide bonds. The van der Waals surface area contributed by atoms with Gasteiger partial charge in [0.15, 0.2) is 0 Å². The molecule has 0 aromatic heterocycles. The molecule has 0 aliphatic heterocycles. The van der Waals surface area contributed by atoms with E-state index in [4.69, 9.17) is 11.6 Å². The Bertz CT molecular complexity index is 408. The summed E-state index contributed by atoms with van der Waals surface area (Å²) in [4.78, 5) is 0. The molecular formula is C18H29ClFN. The first kappa shape index (κ1) is 18.4. The second kappa shape index (κ2) is 10.2. The molecule has 0 heterocycles. The van der Waals surface area contributed by atoms with Crippen molar-refractivity contribution in [1.82, 2.24) is 5.32 Å². The maximum atomic E-state index is 14.0. The third kappa shape index (κ3) is 6.36. The van der Waals surface area contributed by atoms with Crippen molar-refractivity contribution in [3.05, 3.63) is 34.6 Å². The highest BCUT2D eigenvalue weighted by Gasteiger charge is 2.20. The van der Waals surface area contributed by atoms with E-state index in [0.29, 0.717) is 23.4 Å². The van der Waals surface area contributed by atoms with Crippen LogP contribution in [-0.4, -0.2) is 12.6 Å². The maximum absolute atomic E-state index is 14.0. The van der Waals surface area contributed by atoms with E-state index in [-0.39, 0.29) is 5.82 Å². The van der Waals surface area contributed by atoms with Crippen LogP contribution in [0, 0.1) is 11.7 Å². The van der Waals surface area contributed by atoms with Gasteiger partial charge in [-0.2, -0.15) is 0 Å². The van der Waals surface area contributed by atoms with Gasteiger partial charge in [-0.15, -0.1) is 0 Å². The van der Waals surface area contributed by atoms with E-state index in [1.165, 1.54) is 25.3 Å². The van der Waals surface area contributed by atoms with Crippen molar-refractivity contribution < 1.29 is 4.39 Å². The van der Waals surface area contributed by atoms with Gasteiger partial charge in [0, 0.05) is 11.1 Å². The van der Waals surface area contributed by atoms with Crippen molar-refractivity contribution in [3.63, 3.8) is 0 Å². The van der Waals surface area contributed by atoms with E-state index in [1.54, 1.807) is 12.1 Å². The van der Waals surface area contributed by atoms with Crippen molar-refractivity contribution in [2.24, 2.45) is 5.92 Å². The molecule has 1 aromatic rings. The van der Waals surface area contributed by atoms with Crippen molar-refractivity contribution >= 4 is 11.6 Å². The zero-order valence-electron chi connectivity index (χ0n) is 13.6. The van der Waals surface area contributed by atoms with Crippen molar-refractivity contribution in [2.75, 3.05) is 6.54 Å². The normalized spacial score (nSPS) is 14.1. The van der Waals surface area contributed by atoms with Gasteiger partial charge < -0.3 is 5.32 Å². The number of halogens is 2. The Balaban J connectivity index is 2.82. The highest BCUT2D eigenvalue weighted by atomic mass is 35.5. The van der Waals surface area contributed by atoms with Gasteiger partial charge in [0.05, 0.1) is 0 Å². The van der Waals surface area contributed by atoms with Gasteiger partial charge in [-0.25, -0.2) is 4.39 Å². The molecule has 1 nitrogen and oxygen atoms in total. The quantitative estimate of drug-likeness (QED) is 0.592. The molecule has 2 atom stereocenters. The maximum Gasteiger partial charge on any atom is 0.126 e. The summed E-state index contributed by atoms with van der Waals surface area (Å²) in [5.74, 6) is 0.447. The smallest absolute Gasteiger partial charge is 0.126 e. The zero-order valence-corrected chi connectivity index (χ0v) is 14.3. The highest BCUT2D eigenvalue weighted by Crippen LogP contribution is 2.23. The van der Waals surface area contributed by atoms with Crippen LogP contribution in [0.1, 0.15) is 58.4 Å². The summed E-state index contributed by atoms with van der Waals surface area (Å²) in [6.07, 6.45) is 6.59. The van der Waals surface area contributed by atoms with Crippen LogP contribution in [0.3, 0.4) is 0 Å². The summed E-state index contributed by atoms with van der Waals surface area (Å²) < 4.78 is 14.0. The predicted molar refractivity (Wildman–Crippen MR) is 90.5 cm³/mol. The van der Waals surface area contributed by atoms with Crippen LogP contribution in [0.25, 0.3) is 0 Å². The molecule has 0 aliphatic rings. The van der Waals surface area contributed by atoms with E-state index in [2.05, 4.69) is 26.1 Å². The Morgan fingerprint density at radius 2 is 1.95 bits per heavy atom. The Kier molecular flexibility index (Phi) is 8.94. The molecule has 0 radical (unpaired) electrons. The molecule has 0 saturated carbocycles. The third-order valence-electron chi connectivity index (χ3n) is 4.13. The van der Waals surface area contributed by atoms with Gasteiger partial charge in [-0.05, 0) is 55.5 Å². The van der Waals surface area contributed by atoms with Crippen molar-refractivity contribution in [1.29, 1.82) is 0 Å². The largest absolute Gasteiger partial charge is 0.313 e. The molecule has 21 heavy (non-hydrogen) atoms. The van der Waals surface area contributed by atoms with Gasteiger partial charge in [0.2, 0.25) is 0 Å². The summed E-state index contributed by atoms with van der Waals surface area (Å²) in [6, 6.07) is 5.18. The second-order valence-electron chi connectivity index (χ2n) is 5.81. The first-order chi connectivity index (χ1) is 10.1. The van der Waals surface area contributed by atoms with E-state index < -0.39 is 0 Å². The number of nitrogens with one attached hydrogen (secondary N) is 1. The molecule has 0 fully saturated rings. The van der Waals surface area contributed by atoms with Crippen LogP contribution in [-0.2, 0) is 6.42 Å². The third-order valence-corrected chi connectivity index (χ3v) is 4.36. The lowest BCUT2D eigenvalue weighted by Gasteiger charge is -2.28. The second-order valence-corrected chi connectivity index (χ2v) is 6.25. The Morgan fingerprint density at radius 3 is 2.57 bits per heavy atom. The molecular weight excluding hydrogens is 285 g/mol. The molecule has 0 bridgehead atoms. The summed E-state index contributed by atoms with van der Waals surface area (Å²) in [5.41, 5.74) is 0.728. The molecule has 2 unspecified atom stereocenters. The van der Waals surface area contributed by atoms with E-state index >= 15 is 0 Å². The lowest BCUT2D eigenvalue weighted by atomic mass is 9.87. The van der Waals surface area contributed by atoms with Crippen LogP contribution in [0.5, 0.6) is 0 Å². The Hall–Kier alpha value is -0.600. The minimum Gasteiger partial charge on any atom is -0.313 e. The van der Waals surface area contributed by atoms with E-state index in [0.717, 1.165) is 24.9 Å². The van der Waals surface area contributed by atoms with Gasteiger partial charge in [0.1, 0.15) is 5.82 Å². The van der Waals surface area contributed by atoms with Crippen LogP contribution >= 0.6 is 11.6 Å².